The second-order valence-corrected chi connectivity index (χ2v) is 8.16. The number of rotatable bonds is 5. The van der Waals surface area contributed by atoms with Crippen molar-refractivity contribution in [1.82, 2.24) is 14.3 Å². The Morgan fingerprint density at radius 3 is 2.73 bits per heavy atom. The lowest BCUT2D eigenvalue weighted by Crippen LogP contribution is -2.14. The van der Waals surface area contributed by atoms with E-state index in [0.29, 0.717) is 21.8 Å². The number of pyridine rings is 1. The maximum Gasteiger partial charge on any atom is 0.260 e. The Morgan fingerprint density at radius 2 is 1.92 bits per heavy atom. The second kappa shape index (κ2) is 7.97. The number of carbonyl (C=O) groups is 1. The SMILES string of the molecule is O=C(Nc1nc(-c2ccccc2)ns1)c1cccnc1SC1CCCC1. The van der Waals surface area contributed by atoms with Gasteiger partial charge in [0.15, 0.2) is 5.82 Å². The smallest absolute Gasteiger partial charge is 0.260 e. The maximum atomic E-state index is 12.7. The first-order valence-corrected chi connectivity index (χ1v) is 10.3. The quantitative estimate of drug-likeness (QED) is 0.681. The molecule has 26 heavy (non-hydrogen) atoms. The molecule has 0 bridgehead atoms. The molecule has 2 aromatic heterocycles. The van der Waals surface area contributed by atoms with Crippen LogP contribution in [0.2, 0.25) is 0 Å². The average molecular weight is 383 g/mol. The Bertz CT molecular complexity index is 891. The van der Waals surface area contributed by atoms with Gasteiger partial charge in [-0.1, -0.05) is 43.2 Å². The van der Waals surface area contributed by atoms with E-state index >= 15 is 0 Å². The molecular formula is C19H18N4OS2. The van der Waals surface area contributed by atoms with Gasteiger partial charge in [-0.2, -0.15) is 9.36 Å². The third-order valence-corrected chi connectivity index (χ3v) is 6.26. The van der Waals surface area contributed by atoms with Crippen LogP contribution >= 0.6 is 23.3 Å². The van der Waals surface area contributed by atoms with Crippen LogP contribution in [-0.2, 0) is 0 Å². The molecule has 0 atom stereocenters. The number of aromatic nitrogens is 3. The van der Waals surface area contributed by atoms with E-state index in [9.17, 15) is 4.79 Å². The normalized spacial score (nSPS) is 14.5. The molecule has 3 aromatic rings. The van der Waals surface area contributed by atoms with Crippen molar-refractivity contribution in [3.8, 4) is 11.4 Å². The summed E-state index contributed by atoms with van der Waals surface area (Å²) in [5.74, 6) is 0.437. The zero-order chi connectivity index (χ0) is 17.8. The summed E-state index contributed by atoms with van der Waals surface area (Å²) in [6.07, 6.45) is 6.66. The van der Waals surface area contributed by atoms with Crippen LogP contribution in [0.4, 0.5) is 5.13 Å². The molecule has 1 fully saturated rings. The van der Waals surface area contributed by atoms with Crippen molar-refractivity contribution in [3.63, 3.8) is 0 Å². The van der Waals surface area contributed by atoms with Crippen LogP contribution in [0.1, 0.15) is 36.0 Å². The molecule has 1 amide bonds. The molecule has 132 valence electrons. The number of hydrogen-bond acceptors (Lipinski definition) is 6. The summed E-state index contributed by atoms with van der Waals surface area (Å²) in [4.78, 5) is 21.6. The van der Waals surface area contributed by atoms with Crippen molar-refractivity contribution in [3.05, 3.63) is 54.2 Å². The number of hydrogen-bond donors (Lipinski definition) is 1. The molecule has 1 aliphatic rings. The lowest BCUT2D eigenvalue weighted by atomic mass is 10.2. The number of amides is 1. The van der Waals surface area contributed by atoms with E-state index in [-0.39, 0.29) is 5.91 Å². The molecule has 2 heterocycles. The van der Waals surface area contributed by atoms with Crippen molar-refractivity contribution >= 4 is 34.3 Å². The summed E-state index contributed by atoms with van der Waals surface area (Å²) in [6.45, 7) is 0. The van der Waals surface area contributed by atoms with Crippen molar-refractivity contribution in [1.29, 1.82) is 0 Å². The zero-order valence-corrected chi connectivity index (χ0v) is 15.7. The van der Waals surface area contributed by atoms with Gasteiger partial charge in [-0.25, -0.2) is 4.98 Å². The van der Waals surface area contributed by atoms with Gasteiger partial charge in [-0.05, 0) is 25.0 Å². The van der Waals surface area contributed by atoms with Crippen molar-refractivity contribution in [2.45, 2.75) is 36.0 Å². The van der Waals surface area contributed by atoms with Gasteiger partial charge in [0.1, 0.15) is 5.03 Å². The van der Waals surface area contributed by atoms with Crippen molar-refractivity contribution in [2.24, 2.45) is 0 Å². The lowest BCUT2D eigenvalue weighted by molar-refractivity contribution is 0.102. The highest BCUT2D eigenvalue weighted by atomic mass is 32.2. The molecule has 0 aliphatic heterocycles. The Kier molecular flexibility index (Phi) is 5.26. The van der Waals surface area contributed by atoms with E-state index in [2.05, 4.69) is 19.7 Å². The van der Waals surface area contributed by atoms with Crippen LogP contribution in [0.15, 0.2) is 53.7 Å². The molecule has 0 radical (unpaired) electrons. The van der Waals surface area contributed by atoms with Gasteiger partial charge in [0, 0.05) is 28.5 Å². The monoisotopic (exact) mass is 382 g/mol. The van der Waals surface area contributed by atoms with Crippen LogP contribution in [0.25, 0.3) is 11.4 Å². The number of benzene rings is 1. The minimum Gasteiger partial charge on any atom is -0.296 e. The van der Waals surface area contributed by atoms with Gasteiger partial charge in [-0.3, -0.25) is 10.1 Å². The molecule has 0 spiro atoms. The van der Waals surface area contributed by atoms with Gasteiger partial charge in [0.05, 0.1) is 5.56 Å². The van der Waals surface area contributed by atoms with Gasteiger partial charge < -0.3 is 0 Å². The first-order chi connectivity index (χ1) is 12.8. The molecule has 1 saturated carbocycles. The predicted octanol–water partition coefficient (Wildman–Crippen LogP) is 4.89. The zero-order valence-electron chi connectivity index (χ0n) is 14.1. The summed E-state index contributed by atoms with van der Waals surface area (Å²) in [5, 5.41) is 4.72. The van der Waals surface area contributed by atoms with E-state index in [1.807, 2.05) is 36.4 Å². The molecule has 1 aliphatic carbocycles. The van der Waals surface area contributed by atoms with Crippen LogP contribution < -0.4 is 5.32 Å². The average Bonchev–Trinajstić information content (AvgIpc) is 3.35. The van der Waals surface area contributed by atoms with Crippen LogP contribution in [0.5, 0.6) is 0 Å². The first kappa shape index (κ1) is 17.2. The highest BCUT2D eigenvalue weighted by Crippen LogP contribution is 2.35. The number of nitrogens with zero attached hydrogens (tertiary/aromatic N) is 3. The largest absolute Gasteiger partial charge is 0.296 e. The molecule has 1 N–H and O–H groups in total. The number of carbonyl (C=O) groups excluding carboxylic acids is 1. The van der Waals surface area contributed by atoms with Gasteiger partial charge in [0.2, 0.25) is 5.13 Å². The van der Waals surface area contributed by atoms with E-state index in [1.54, 1.807) is 24.0 Å². The molecule has 7 heteroatoms. The number of thioether (sulfide) groups is 1. The summed E-state index contributed by atoms with van der Waals surface area (Å²) < 4.78 is 4.33. The Labute approximate surface area is 160 Å². The summed E-state index contributed by atoms with van der Waals surface area (Å²) in [6, 6.07) is 13.3. The third-order valence-electron chi connectivity index (χ3n) is 4.27. The van der Waals surface area contributed by atoms with Gasteiger partial charge in [-0.15, -0.1) is 11.8 Å². The van der Waals surface area contributed by atoms with E-state index in [4.69, 9.17) is 0 Å². The highest BCUT2D eigenvalue weighted by molar-refractivity contribution is 7.99. The van der Waals surface area contributed by atoms with Crippen molar-refractivity contribution in [2.75, 3.05) is 5.32 Å². The Balaban J connectivity index is 1.49. The molecule has 1 aromatic carbocycles. The standard InChI is InChI=1S/C19H18N4OS2/c24-17(15-11-6-12-20-18(15)25-14-9-4-5-10-14)22-19-21-16(23-26-19)13-7-2-1-3-8-13/h1-3,6-8,11-12,14H,4-5,9-10H2,(H,21,22,23,24). The van der Waals surface area contributed by atoms with Gasteiger partial charge in [0.25, 0.3) is 5.91 Å². The molecule has 0 unspecified atom stereocenters. The summed E-state index contributed by atoms with van der Waals surface area (Å²) in [5.41, 5.74) is 1.53. The highest BCUT2D eigenvalue weighted by Gasteiger charge is 2.21. The van der Waals surface area contributed by atoms with Crippen LogP contribution in [-0.4, -0.2) is 25.5 Å². The predicted molar refractivity (Wildman–Crippen MR) is 106 cm³/mol. The molecular weight excluding hydrogens is 364 g/mol. The topological polar surface area (TPSA) is 67.8 Å². The minimum absolute atomic E-state index is 0.186. The Morgan fingerprint density at radius 1 is 1.12 bits per heavy atom. The first-order valence-electron chi connectivity index (χ1n) is 8.62. The Hall–Kier alpha value is -2.25. The minimum atomic E-state index is -0.186. The number of anilines is 1. The summed E-state index contributed by atoms with van der Waals surface area (Å²) >= 11 is 2.90. The van der Waals surface area contributed by atoms with E-state index in [1.165, 1.54) is 37.2 Å². The summed E-state index contributed by atoms with van der Waals surface area (Å²) in [7, 11) is 0. The van der Waals surface area contributed by atoms with Crippen LogP contribution in [0.3, 0.4) is 0 Å². The van der Waals surface area contributed by atoms with E-state index in [0.717, 1.165) is 10.6 Å². The fraction of sp³-hybridized carbons (Fsp3) is 0.263. The number of nitrogens with one attached hydrogen (secondary N) is 1. The molecule has 0 saturated heterocycles. The third kappa shape index (κ3) is 3.94. The fourth-order valence-corrected chi connectivity index (χ4v) is 4.84. The second-order valence-electron chi connectivity index (χ2n) is 6.12. The maximum absolute atomic E-state index is 12.7. The van der Waals surface area contributed by atoms with Crippen LogP contribution in [0, 0.1) is 0 Å². The van der Waals surface area contributed by atoms with E-state index < -0.39 is 0 Å². The molecule has 5 nitrogen and oxygen atoms in total. The fourth-order valence-electron chi connectivity index (χ4n) is 2.96. The molecule has 4 rings (SSSR count). The lowest BCUT2D eigenvalue weighted by Gasteiger charge is -2.11. The van der Waals surface area contributed by atoms with Crippen molar-refractivity contribution < 1.29 is 4.79 Å². The van der Waals surface area contributed by atoms with Gasteiger partial charge >= 0.3 is 0 Å².